The Balaban J connectivity index is 1.52. The van der Waals surface area contributed by atoms with Crippen molar-refractivity contribution in [2.45, 2.75) is 6.92 Å². The number of hydrogen-bond acceptors (Lipinski definition) is 4. The van der Waals surface area contributed by atoms with Crippen molar-refractivity contribution in [2.24, 2.45) is 5.10 Å². The van der Waals surface area contributed by atoms with E-state index in [1.165, 1.54) is 12.3 Å². The van der Waals surface area contributed by atoms with Crippen LogP contribution in [0.1, 0.15) is 27.0 Å². The number of aryl methyl sites for hydroxylation is 1. The van der Waals surface area contributed by atoms with Crippen molar-refractivity contribution in [3.8, 4) is 5.75 Å². The smallest absolute Gasteiger partial charge is 0.336 e. The summed E-state index contributed by atoms with van der Waals surface area (Å²) in [7, 11) is 0. The molecule has 144 valence electrons. The number of carbonyl (C=O) groups is 2. The molecule has 5 heteroatoms. The van der Waals surface area contributed by atoms with Gasteiger partial charge in [-0.2, -0.15) is 5.10 Å². The van der Waals surface area contributed by atoms with Gasteiger partial charge in [-0.1, -0.05) is 48.0 Å². The van der Waals surface area contributed by atoms with Crippen LogP contribution in [-0.2, 0) is 4.79 Å². The van der Waals surface area contributed by atoms with E-state index in [9.17, 15) is 9.59 Å². The first-order valence-electron chi connectivity index (χ1n) is 9.05. The fourth-order valence-electron chi connectivity index (χ4n) is 2.52. The van der Waals surface area contributed by atoms with Crippen LogP contribution in [0.4, 0.5) is 0 Å². The first-order valence-corrected chi connectivity index (χ1v) is 9.05. The van der Waals surface area contributed by atoms with Gasteiger partial charge in [-0.25, -0.2) is 10.2 Å². The average molecular weight is 384 g/mol. The SMILES string of the molecule is Cc1cccc(C(=O)N/N=C/c2ccc(OC(=O)/C=C/c3ccccc3)cc2)c1. The maximum absolute atomic E-state index is 12.0. The summed E-state index contributed by atoms with van der Waals surface area (Å²) in [5.74, 6) is -0.310. The van der Waals surface area contributed by atoms with Crippen LogP contribution in [0, 0.1) is 6.92 Å². The van der Waals surface area contributed by atoms with E-state index in [4.69, 9.17) is 4.74 Å². The zero-order valence-corrected chi connectivity index (χ0v) is 15.9. The second kappa shape index (κ2) is 9.80. The van der Waals surface area contributed by atoms with Crippen LogP contribution in [0.25, 0.3) is 6.08 Å². The molecule has 0 unspecified atom stereocenters. The van der Waals surface area contributed by atoms with Crippen LogP contribution in [0.15, 0.2) is 90.0 Å². The van der Waals surface area contributed by atoms with Crippen LogP contribution in [0.5, 0.6) is 5.75 Å². The van der Waals surface area contributed by atoms with E-state index < -0.39 is 5.97 Å². The van der Waals surface area contributed by atoms with Gasteiger partial charge in [0.2, 0.25) is 0 Å². The van der Waals surface area contributed by atoms with Crippen LogP contribution >= 0.6 is 0 Å². The molecule has 0 atom stereocenters. The van der Waals surface area contributed by atoms with Crippen molar-refractivity contribution in [2.75, 3.05) is 0 Å². The second-order valence-corrected chi connectivity index (χ2v) is 6.30. The fraction of sp³-hybridized carbons (Fsp3) is 0.0417. The minimum absolute atomic E-state index is 0.277. The molecule has 3 rings (SSSR count). The largest absolute Gasteiger partial charge is 0.423 e. The van der Waals surface area contributed by atoms with Crippen LogP contribution in [0.3, 0.4) is 0 Å². The quantitative estimate of drug-likeness (QED) is 0.225. The Kier molecular flexibility index (Phi) is 6.68. The van der Waals surface area contributed by atoms with E-state index in [-0.39, 0.29) is 5.91 Å². The monoisotopic (exact) mass is 384 g/mol. The van der Waals surface area contributed by atoms with E-state index in [0.717, 1.165) is 16.7 Å². The molecule has 0 aromatic heterocycles. The van der Waals surface area contributed by atoms with Gasteiger partial charge in [-0.15, -0.1) is 0 Å². The lowest BCUT2D eigenvalue weighted by atomic mass is 10.1. The molecule has 0 bridgehead atoms. The lowest BCUT2D eigenvalue weighted by Crippen LogP contribution is -2.17. The molecule has 0 aliphatic rings. The molecule has 0 aliphatic heterocycles. The maximum atomic E-state index is 12.0. The number of nitrogens with zero attached hydrogens (tertiary/aromatic N) is 1. The molecular formula is C24H20N2O3. The standard InChI is InChI=1S/C24H20N2O3/c1-18-6-5-9-21(16-18)24(28)26-25-17-20-10-13-22(14-11-20)29-23(27)15-12-19-7-3-2-4-8-19/h2-17H,1H3,(H,26,28)/b15-12+,25-17+. The zero-order valence-electron chi connectivity index (χ0n) is 15.9. The summed E-state index contributed by atoms with van der Waals surface area (Å²) in [4.78, 5) is 23.9. The van der Waals surface area contributed by atoms with E-state index in [1.54, 1.807) is 42.5 Å². The highest BCUT2D eigenvalue weighted by Gasteiger charge is 2.03. The summed E-state index contributed by atoms with van der Waals surface area (Å²) in [5.41, 5.74) is 5.72. The predicted octanol–water partition coefficient (Wildman–Crippen LogP) is 4.38. The van der Waals surface area contributed by atoms with E-state index in [0.29, 0.717) is 11.3 Å². The Bertz CT molecular complexity index is 1040. The Morgan fingerprint density at radius 3 is 2.38 bits per heavy atom. The minimum Gasteiger partial charge on any atom is -0.423 e. The Hall–Kier alpha value is -3.99. The topological polar surface area (TPSA) is 67.8 Å². The molecule has 0 heterocycles. The summed E-state index contributed by atoms with van der Waals surface area (Å²) < 4.78 is 5.26. The van der Waals surface area contributed by atoms with Crippen molar-refractivity contribution >= 4 is 24.2 Å². The summed E-state index contributed by atoms with van der Waals surface area (Å²) in [6, 6.07) is 23.6. The van der Waals surface area contributed by atoms with Gasteiger partial charge in [-0.3, -0.25) is 4.79 Å². The van der Waals surface area contributed by atoms with Crippen LogP contribution in [-0.4, -0.2) is 18.1 Å². The van der Waals surface area contributed by atoms with Crippen molar-refractivity contribution in [3.05, 3.63) is 107 Å². The molecule has 3 aromatic carbocycles. The number of ether oxygens (including phenoxy) is 1. The Labute approximate surface area is 169 Å². The highest BCUT2D eigenvalue weighted by molar-refractivity contribution is 5.95. The molecule has 3 aromatic rings. The van der Waals surface area contributed by atoms with Gasteiger partial charge in [-0.05, 0) is 60.5 Å². The van der Waals surface area contributed by atoms with Crippen molar-refractivity contribution in [1.82, 2.24) is 5.43 Å². The molecule has 0 saturated heterocycles. The predicted molar refractivity (Wildman–Crippen MR) is 114 cm³/mol. The Morgan fingerprint density at radius 1 is 0.897 bits per heavy atom. The highest BCUT2D eigenvalue weighted by atomic mass is 16.5. The maximum Gasteiger partial charge on any atom is 0.336 e. The fourth-order valence-corrected chi connectivity index (χ4v) is 2.52. The average Bonchev–Trinajstić information content (AvgIpc) is 2.74. The third kappa shape index (κ3) is 6.29. The molecule has 0 radical (unpaired) electrons. The third-order valence-corrected chi connectivity index (χ3v) is 3.97. The molecule has 0 spiro atoms. The summed E-state index contributed by atoms with van der Waals surface area (Å²) in [6.45, 7) is 1.92. The van der Waals surface area contributed by atoms with Crippen molar-refractivity contribution in [3.63, 3.8) is 0 Å². The molecule has 1 amide bonds. The number of hydrazone groups is 1. The summed E-state index contributed by atoms with van der Waals surface area (Å²) >= 11 is 0. The van der Waals surface area contributed by atoms with Gasteiger partial charge in [0.25, 0.3) is 5.91 Å². The van der Waals surface area contributed by atoms with Gasteiger partial charge in [0.1, 0.15) is 5.75 Å². The number of hydrogen-bond donors (Lipinski definition) is 1. The van der Waals surface area contributed by atoms with Crippen LogP contribution < -0.4 is 10.2 Å². The first kappa shape index (κ1) is 19.8. The number of esters is 1. The van der Waals surface area contributed by atoms with Gasteiger partial charge < -0.3 is 4.74 Å². The van der Waals surface area contributed by atoms with E-state index >= 15 is 0 Å². The normalized spacial score (nSPS) is 10.9. The summed E-state index contributed by atoms with van der Waals surface area (Å²) in [5, 5.41) is 3.96. The second-order valence-electron chi connectivity index (χ2n) is 6.30. The first-order chi connectivity index (χ1) is 14.1. The van der Waals surface area contributed by atoms with Crippen LogP contribution in [0.2, 0.25) is 0 Å². The van der Waals surface area contributed by atoms with Gasteiger partial charge >= 0.3 is 5.97 Å². The number of benzene rings is 3. The van der Waals surface area contributed by atoms with E-state index in [1.807, 2.05) is 49.4 Å². The number of rotatable bonds is 6. The highest BCUT2D eigenvalue weighted by Crippen LogP contribution is 2.12. The molecule has 0 saturated carbocycles. The van der Waals surface area contributed by atoms with Gasteiger partial charge in [0.05, 0.1) is 6.21 Å². The zero-order chi connectivity index (χ0) is 20.5. The lowest BCUT2D eigenvalue weighted by molar-refractivity contribution is -0.128. The molecule has 1 N–H and O–H groups in total. The molecule has 0 aliphatic carbocycles. The third-order valence-electron chi connectivity index (χ3n) is 3.97. The van der Waals surface area contributed by atoms with Gasteiger partial charge in [0, 0.05) is 11.6 Å². The number of nitrogens with one attached hydrogen (secondary N) is 1. The Morgan fingerprint density at radius 2 is 1.66 bits per heavy atom. The number of amides is 1. The summed E-state index contributed by atoms with van der Waals surface area (Å²) in [6.07, 6.45) is 4.60. The van der Waals surface area contributed by atoms with Crippen molar-refractivity contribution in [1.29, 1.82) is 0 Å². The minimum atomic E-state index is -0.458. The van der Waals surface area contributed by atoms with E-state index in [2.05, 4.69) is 10.5 Å². The molecule has 5 nitrogen and oxygen atoms in total. The molecule has 0 fully saturated rings. The lowest BCUT2D eigenvalue weighted by Gasteiger charge is -2.02. The molecular weight excluding hydrogens is 364 g/mol. The van der Waals surface area contributed by atoms with Gasteiger partial charge in [0.15, 0.2) is 0 Å². The van der Waals surface area contributed by atoms with Crippen molar-refractivity contribution < 1.29 is 14.3 Å². The molecule has 29 heavy (non-hydrogen) atoms. The number of carbonyl (C=O) groups excluding carboxylic acids is 2.